The number of ether oxygens (including phenoxy) is 3. The van der Waals surface area contributed by atoms with Gasteiger partial charge in [0.2, 0.25) is 0 Å². The Morgan fingerprint density at radius 2 is 1.81 bits per heavy atom. The predicted molar refractivity (Wildman–Crippen MR) is 115 cm³/mol. The summed E-state index contributed by atoms with van der Waals surface area (Å²) in [5.74, 6) is 0.401. The number of hydrogen-bond acceptors (Lipinski definition) is 6. The number of nitrogens with zero attached hydrogens (tertiary/aromatic N) is 2. The number of carbonyl (C=O) groups is 2. The van der Waals surface area contributed by atoms with Gasteiger partial charge in [-0.25, -0.2) is 14.5 Å². The molecule has 188 valence electrons. The molecule has 4 rings (SSSR count). The van der Waals surface area contributed by atoms with Gasteiger partial charge in [0.1, 0.15) is 17.2 Å². The minimum atomic E-state index is -4.71. The summed E-state index contributed by atoms with van der Waals surface area (Å²) in [5, 5.41) is 9.57. The van der Waals surface area contributed by atoms with Gasteiger partial charge in [-0.05, 0) is 53.9 Å². The summed E-state index contributed by atoms with van der Waals surface area (Å²) in [6.07, 6.45) is -9.51. The van der Waals surface area contributed by atoms with Gasteiger partial charge in [0, 0.05) is 6.20 Å². The van der Waals surface area contributed by atoms with Crippen LogP contribution in [0.15, 0.2) is 73.1 Å². The molecule has 2 heterocycles. The summed E-state index contributed by atoms with van der Waals surface area (Å²) in [4.78, 5) is 28.5. The zero-order valence-corrected chi connectivity index (χ0v) is 18.3. The van der Waals surface area contributed by atoms with Crippen LogP contribution in [0.5, 0.6) is 17.2 Å². The maximum absolute atomic E-state index is 13.3. The molecule has 1 N–H and O–H groups in total. The molecule has 1 aliphatic rings. The lowest BCUT2D eigenvalue weighted by molar-refractivity contribution is -0.253. The molecule has 36 heavy (non-hydrogen) atoms. The molecule has 2 unspecified atom stereocenters. The summed E-state index contributed by atoms with van der Waals surface area (Å²) in [6, 6.07) is 13.6. The van der Waals surface area contributed by atoms with E-state index in [9.17, 15) is 32.3 Å². The van der Waals surface area contributed by atoms with E-state index in [1.807, 2.05) is 0 Å². The minimum Gasteiger partial charge on any atom is -0.465 e. The van der Waals surface area contributed by atoms with Crippen molar-refractivity contribution < 1.29 is 46.5 Å². The lowest BCUT2D eigenvalue weighted by Crippen LogP contribution is -2.39. The molecule has 12 heteroatoms. The first kappa shape index (κ1) is 24.8. The van der Waals surface area contributed by atoms with Crippen molar-refractivity contribution in [2.24, 2.45) is 0 Å². The largest absolute Gasteiger partial charge is 0.465 e. The molecular formula is C24H18F4N2O6. The number of alkyl halides is 4. The van der Waals surface area contributed by atoms with Crippen LogP contribution in [0.4, 0.5) is 27.2 Å². The molecule has 0 aliphatic carbocycles. The van der Waals surface area contributed by atoms with Crippen LogP contribution in [0.2, 0.25) is 0 Å². The normalized spacial score (nSPS) is 17.7. The van der Waals surface area contributed by atoms with Crippen LogP contribution in [0.1, 0.15) is 17.2 Å². The maximum Gasteiger partial charge on any atom is 0.461 e. The van der Waals surface area contributed by atoms with E-state index in [2.05, 4.69) is 9.72 Å². The second-order valence-corrected chi connectivity index (χ2v) is 7.70. The number of aromatic nitrogens is 1. The summed E-state index contributed by atoms with van der Waals surface area (Å²) >= 11 is 0. The molecule has 1 aromatic heterocycles. The number of rotatable bonds is 8. The first-order chi connectivity index (χ1) is 17.1. The molecule has 0 spiro atoms. The monoisotopic (exact) mass is 506 g/mol. The first-order valence-corrected chi connectivity index (χ1v) is 10.5. The zero-order valence-electron chi connectivity index (χ0n) is 18.3. The van der Waals surface area contributed by atoms with Gasteiger partial charge in [0.15, 0.2) is 6.10 Å². The number of amides is 2. The number of carbonyl (C=O) groups excluding carboxylic acids is 1. The van der Waals surface area contributed by atoms with E-state index in [1.165, 1.54) is 18.3 Å². The topological polar surface area (TPSA) is 98.2 Å². The van der Waals surface area contributed by atoms with Crippen LogP contribution in [-0.2, 0) is 11.2 Å². The van der Waals surface area contributed by atoms with Crippen molar-refractivity contribution in [1.29, 1.82) is 0 Å². The number of carboxylic acid groups (broad SMARTS) is 1. The van der Waals surface area contributed by atoms with Gasteiger partial charge in [-0.1, -0.05) is 24.3 Å². The molecule has 8 nitrogen and oxygen atoms in total. The number of pyridine rings is 1. The Balaban J connectivity index is 1.56. The summed E-state index contributed by atoms with van der Waals surface area (Å²) in [5.41, 5.74) is 0.709. The Morgan fingerprint density at radius 1 is 1.08 bits per heavy atom. The number of imide groups is 1. The summed E-state index contributed by atoms with van der Waals surface area (Å²) in [6.45, 7) is 0. The zero-order chi connectivity index (χ0) is 25.9. The Hall–Kier alpha value is -4.35. The van der Waals surface area contributed by atoms with Gasteiger partial charge in [-0.3, -0.25) is 4.98 Å². The maximum atomic E-state index is 13.3. The van der Waals surface area contributed by atoms with Crippen molar-refractivity contribution in [1.82, 2.24) is 9.88 Å². The summed E-state index contributed by atoms with van der Waals surface area (Å²) < 4.78 is 66.7. The molecule has 0 radical (unpaired) electrons. The van der Waals surface area contributed by atoms with Crippen LogP contribution in [-0.4, -0.2) is 45.8 Å². The van der Waals surface area contributed by atoms with Crippen LogP contribution < -0.4 is 9.47 Å². The van der Waals surface area contributed by atoms with E-state index in [4.69, 9.17) is 9.47 Å². The van der Waals surface area contributed by atoms with Gasteiger partial charge >= 0.3 is 24.7 Å². The van der Waals surface area contributed by atoms with Gasteiger partial charge in [0.25, 0.3) is 0 Å². The van der Waals surface area contributed by atoms with Crippen LogP contribution in [0.25, 0.3) is 0 Å². The second kappa shape index (κ2) is 10.1. The fourth-order valence-corrected chi connectivity index (χ4v) is 3.67. The lowest BCUT2D eigenvalue weighted by Gasteiger charge is -2.22. The quantitative estimate of drug-likeness (QED) is 0.380. The Kier molecular flexibility index (Phi) is 6.95. The number of benzene rings is 2. The van der Waals surface area contributed by atoms with Gasteiger partial charge in [0.05, 0.1) is 12.2 Å². The molecule has 1 fully saturated rings. The van der Waals surface area contributed by atoms with E-state index in [0.29, 0.717) is 22.0 Å². The van der Waals surface area contributed by atoms with Crippen LogP contribution >= 0.6 is 0 Å². The Labute approximate surface area is 201 Å². The predicted octanol–water partition coefficient (Wildman–Crippen LogP) is 5.89. The number of cyclic esters (lactones) is 1. The van der Waals surface area contributed by atoms with Crippen molar-refractivity contribution in [2.45, 2.75) is 31.1 Å². The summed E-state index contributed by atoms with van der Waals surface area (Å²) in [7, 11) is 0. The highest BCUT2D eigenvalue weighted by molar-refractivity contribution is 5.89. The first-order valence-electron chi connectivity index (χ1n) is 10.5. The molecule has 2 amide bonds. The smallest absolute Gasteiger partial charge is 0.461 e. The third-order valence-electron chi connectivity index (χ3n) is 5.24. The molecule has 3 aromatic rings. The van der Waals surface area contributed by atoms with E-state index in [0.717, 1.165) is 12.1 Å². The fourth-order valence-electron chi connectivity index (χ4n) is 3.67. The van der Waals surface area contributed by atoms with Crippen molar-refractivity contribution >= 4 is 12.2 Å². The average molecular weight is 506 g/mol. The number of halogens is 4. The van der Waals surface area contributed by atoms with Gasteiger partial charge in [-0.2, -0.15) is 17.6 Å². The van der Waals surface area contributed by atoms with Crippen LogP contribution in [0, 0.1) is 0 Å². The molecule has 1 saturated heterocycles. The van der Waals surface area contributed by atoms with Crippen molar-refractivity contribution in [3.05, 3.63) is 84.2 Å². The molecule has 2 aromatic carbocycles. The molecule has 0 bridgehead atoms. The van der Waals surface area contributed by atoms with E-state index < -0.39 is 42.6 Å². The van der Waals surface area contributed by atoms with E-state index in [1.54, 1.807) is 42.6 Å². The lowest BCUT2D eigenvalue weighted by atomic mass is 9.95. The minimum absolute atomic E-state index is 0.159. The SMILES string of the molecule is O=C(O)N1C(=O)OC(c2ccc(Oc3cccnc3)cc2)C1Cc1cccc(OC(F)(F)C(F)F)c1. The number of hydrogen-bond donors (Lipinski definition) is 1. The molecule has 1 aliphatic heterocycles. The molecule has 2 atom stereocenters. The van der Waals surface area contributed by atoms with Crippen LogP contribution in [0.3, 0.4) is 0 Å². The highest BCUT2D eigenvalue weighted by Gasteiger charge is 2.47. The highest BCUT2D eigenvalue weighted by Crippen LogP contribution is 2.36. The Morgan fingerprint density at radius 3 is 2.44 bits per heavy atom. The Bertz CT molecular complexity index is 1230. The molecular weight excluding hydrogens is 488 g/mol. The van der Waals surface area contributed by atoms with Crippen molar-refractivity contribution in [3.63, 3.8) is 0 Å². The molecule has 0 saturated carbocycles. The highest BCUT2D eigenvalue weighted by atomic mass is 19.3. The van der Waals surface area contributed by atoms with Gasteiger partial charge in [-0.15, -0.1) is 0 Å². The van der Waals surface area contributed by atoms with Crippen molar-refractivity contribution in [2.75, 3.05) is 0 Å². The fraction of sp³-hybridized carbons (Fsp3) is 0.208. The van der Waals surface area contributed by atoms with Gasteiger partial charge < -0.3 is 19.3 Å². The third-order valence-corrected chi connectivity index (χ3v) is 5.24. The van der Waals surface area contributed by atoms with E-state index >= 15 is 0 Å². The average Bonchev–Trinajstić information content (AvgIpc) is 3.16. The standard InChI is InChI=1S/C24H18F4N2O6/c25-21(26)24(27,28)36-17-4-1-3-14(11-17)12-19-20(35-23(33)30(19)22(31)32)15-6-8-16(9-7-15)34-18-5-2-10-29-13-18/h1-11,13,19-21H,12H2,(H,31,32). The van der Waals surface area contributed by atoms with Crippen molar-refractivity contribution in [3.8, 4) is 17.2 Å². The van der Waals surface area contributed by atoms with E-state index in [-0.39, 0.29) is 12.0 Å². The third kappa shape index (κ3) is 5.48. The second-order valence-electron chi connectivity index (χ2n) is 7.70.